The molecule has 40 heavy (non-hydrogen) atoms. The summed E-state index contributed by atoms with van der Waals surface area (Å²) < 4.78 is 34.9. The summed E-state index contributed by atoms with van der Waals surface area (Å²) in [6, 6.07) is 21.7. The highest BCUT2D eigenvalue weighted by molar-refractivity contribution is 7.92. The van der Waals surface area contributed by atoms with E-state index in [0.29, 0.717) is 18.9 Å². The van der Waals surface area contributed by atoms with Crippen molar-refractivity contribution in [1.29, 1.82) is 0 Å². The van der Waals surface area contributed by atoms with Crippen molar-refractivity contribution in [3.63, 3.8) is 0 Å². The maximum Gasteiger partial charge on any atom is 0.264 e. The van der Waals surface area contributed by atoms with Crippen LogP contribution in [-0.4, -0.2) is 50.9 Å². The highest BCUT2D eigenvalue weighted by Gasteiger charge is 2.33. The number of sulfonamides is 1. The normalized spacial score (nSPS) is 11.9. The Hall–Kier alpha value is -3.85. The van der Waals surface area contributed by atoms with Gasteiger partial charge in [-0.05, 0) is 57.0 Å². The molecule has 2 amide bonds. The molecule has 0 aliphatic heterocycles. The molecule has 0 heterocycles. The number of para-hydroxylation sites is 2. The molecule has 0 bridgehead atoms. The lowest BCUT2D eigenvalue weighted by Crippen LogP contribution is -2.51. The van der Waals surface area contributed by atoms with Crippen molar-refractivity contribution in [3.05, 3.63) is 90.0 Å². The molecule has 0 fully saturated rings. The van der Waals surface area contributed by atoms with Crippen molar-refractivity contribution in [2.45, 2.75) is 58.0 Å². The van der Waals surface area contributed by atoms with Crippen LogP contribution in [-0.2, 0) is 26.2 Å². The molecule has 0 aliphatic carbocycles. The van der Waals surface area contributed by atoms with Crippen molar-refractivity contribution in [3.8, 4) is 5.75 Å². The number of ether oxygens (including phenoxy) is 1. The fourth-order valence-electron chi connectivity index (χ4n) is 4.19. The molecule has 0 aromatic heterocycles. The van der Waals surface area contributed by atoms with Crippen molar-refractivity contribution in [1.82, 2.24) is 10.2 Å². The molecule has 1 atom stereocenters. The second-order valence-corrected chi connectivity index (χ2v) is 11.4. The maximum absolute atomic E-state index is 14.0. The number of hydrogen-bond acceptors (Lipinski definition) is 5. The van der Waals surface area contributed by atoms with Gasteiger partial charge in [0.05, 0.1) is 17.2 Å². The van der Waals surface area contributed by atoms with E-state index in [2.05, 4.69) is 5.32 Å². The van der Waals surface area contributed by atoms with Crippen LogP contribution in [0, 0.1) is 6.92 Å². The number of hydrogen-bond donors (Lipinski definition) is 1. The van der Waals surface area contributed by atoms with Crippen molar-refractivity contribution >= 4 is 27.5 Å². The summed E-state index contributed by atoms with van der Waals surface area (Å²) in [5, 5.41) is 2.89. The number of benzene rings is 3. The quantitative estimate of drug-likeness (QED) is 0.280. The van der Waals surface area contributed by atoms with Gasteiger partial charge in [0.15, 0.2) is 0 Å². The molecule has 8 nitrogen and oxygen atoms in total. The minimum Gasteiger partial charge on any atom is -0.492 e. The summed E-state index contributed by atoms with van der Waals surface area (Å²) >= 11 is 0. The number of aryl methyl sites for hydroxylation is 1. The SMILES string of the molecule is CCCCNC(=O)[C@H](C)N(Cc1ccccc1)C(=O)CN(c1ccccc1OCC)S(=O)(=O)c1ccc(C)cc1. The van der Waals surface area contributed by atoms with E-state index in [4.69, 9.17) is 4.74 Å². The van der Waals surface area contributed by atoms with Gasteiger partial charge in [0.1, 0.15) is 18.3 Å². The van der Waals surface area contributed by atoms with Crippen LogP contribution in [0.5, 0.6) is 5.75 Å². The minimum absolute atomic E-state index is 0.0529. The smallest absolute Gasteiger partial charge is 0.264 e. The van der Waals surface area contributed by atoms with Crippen LogP contribution in [0.2, 0.25) is 0 Å². The van der Waals surface area contributed by atoms with E-state index in [-0.39, 0.29) is 23.0 Å². The topological polar surface area (TPSA) is 96.0 Å². The van der Waals surface area contributed by atoms with E-state index < -0.39 is 28.5 Å². The molecule has 9 heteroatoms. The summed E-state index contributed by atoms with van der Waals surface area (Å²) in [6.45, 7) is 7.82. The van der Waals surface area contributed by atoms with Gasteiger partial charge in [-0.15, -0.1) is 0 Å². The van der Waals surface area contributed by atoms with Crippen molar-refractivity contribution in [2.75, 3.05) is 24.0 Å². The van der Waals surface area contributed by atoms with E-state index in [1.54, 1.807) is 50.2 Å². The lowest BCUT2D eigenvalue weighted by Gasteiger charge is -2.32. The van der Waals surface area contributed by atoms with E-state index >= 15 is 0 Å². The molecule has 3 aromatic carbocycles. The average molecular weight is 566 g/mol. The van der Waals surface area contributed by atoms with E-state index in [0.717, 1.165) is 28.3 Å². The number of carbonyl (C=O) groups is 2. The minimum atomic E-state index is -4.17. The Morgan fingerprint density at radius 3 is 2.23 bits per heavy atom. The van der Waals surface area contributed by atoms with Gasteiger partial charge in [0.2, 0.25) is 11.8 Å². The third-order valence-electron chi connectivity index (χ3n) is 6.51. The largest absolute Gasteiger partial charge is 0.492 e. The van der Waals surface area contributed by atoms with Gasteiger partial charge < -0.3 is 15.0 Å². The molecular weight excluding hydrogens is 526 g/mol. The number of anilines is 1. The first-order valence-corrected chi connectivity index (χ1v) is 15.0. The van der Waals surface area contributed by atoms with Gasteiger partial charge in [0, 0.05) is 13.1 Å². The number of amides is 2. The average Bonchev–Trinajstić information content (AvgIpc) is 2.95. The second kappa shape index (κ2) is 14.5. The zero-order valence-corrected chi connectivity index (χ0v) is 24.5. The van der Waals surface area contributed by atoms with Gasteiger partial charge in [-0.25, -0.2) is 8.42 Å². The van der Waals surface area contributed by atoms with Gasteiger partial charge in [-0.2, -0.15) is 0 Å². The van der Waals surface area contributed by atoms with Gasteiger partial charge in [-0.1, -0.05) is 73.5 Å². The fourth-order valence-corrected chi connectivity index (χ4v) is 5.62. The van der Waals surface area contributed by atoms with Crippen LogP contribution in [0.15, 0.2) is 83.8 Å². The van der Waals surface area contributed by atoms with E-state index in [9.17, 15) is 18.0 Å². The third-order valence-corrected chi connectivity index (χ3v) is 8.29. The highest BCUT2D eigenvalue weighted by Crippen LogP contribution is 2.33. The Balaban J connectivity index is 2.04. The zero-order valence-electron chi connectivity index (χ0n) is 23.7. The van der Waals surface area contributed by atoms with E-state index in [1.807, 2.05) is 44.2 Å². The van der Waals surface area contributed by atoms with Gasteiger partial charge >= 0.3 is 0 Å². The van der Waals surface area contributed by atoms with Crippen LogP contribution in [0.3, 0.4) is 0 Å². The van der Waals surface area contributed by atoms with Crippen molar-refractivity contribution < 1.29 is 22.7 Å². The number of rotatable bonds is 14. The summed E-state index contributed by atoms with van der Waals surface area (Å²) in [7, 11) is -4.17. The molecule has 3 aromatic rings. The standard InChI is InChI=1S/C31H39N3O5S/c1-5-7-21-32-31(36)25(4)33(22-26-13-9-8-10-14-26)30(35)23-34(28-15-11-12-16-29(28)39-6-2)40(37,38)27-19-17-24(3)18-20-27/h8-20,25H,5-7,21-23H2,1-4H3,(H,32,36)/t25-/m0/s1. The first-order chi connectivity index (χ1) is 19.2. The molecule has 0 radical (unpaired) electrons. The van der Waals surface area contributed by atoms with Crippen LogP contribution in [0.4, 0.5) is 5.69 Å². The monoisotopic (exact) mass is 565 g/mol. The van der Waals surface area contributed by atoms with Crippen LogP contribution in [0.1, 0.15) is 44.7 Å². The predicted octanol–water partition coefficient (Wildman–Crippen LogP) is 4.92. The molecule has 0 saturated heterocycles. The highest BCUT2D eigenvalue weighted by atomic mass is 32.2. The Bertz CT molecular complexity index is 1360. The number of carbonyl (C=O) groups excluding carboxylic acids is 2. The Labute approximate surface area is 238 Å². The third kappa shape index (κ3) is 7.85. The lowest BCUT2D eigenvalue weighted by molar-refractivity contribution is -0.139. The molecule has 0 spiro atoms. The van der Waals surface area contributed by atoms with Crippen molar-refractivity contribution in [2.24, 2.45) is 0 Å². The molecule has 0 aliphatic rings. The molecule has 1 N–H and O–H groups in total. The van der Waals surface area contributed by atoms with E-state index in [1.165, 1.54) is 17.0 Å². The lowest BCUT2D eigenvalue weighted by atomic mass is 10.1. The zero-order chi connectivity index (χ0) is 29.1. The Morgan fingerprint density at radius 2 is 1.57 bits per heavy atom. The predicted molar refractivity (Wildman–Crippen MR) is 158 cm³/mol. The summed E-state index contributed by atoms with van der Waals surface area (Å²) in [5.41, 5.74) is 1.98. The summed E-state index contributed by atoms with van der Waals surface area (Å²) in [5.74, 6) is -0.460. The van der Waals surface area contributed by atoms with Crippen LogP contribution in [0.25, 0.3) is 0 Å². The van der Waals surface area contributed by atoms with Gasteiger partial charge in [-0.3, -0.25) is 13.9 Å². The molecular formula is C31H39N3O5S. The number of nitrogens with zero attached hydrogens (tertiary/aromatic N) is 2. The summed E-state index contributed by atoms with van der Waals surface area (Å²) in [4.78, 5) is 28.5. The fraction of sp³-hybridized carbons (Fsp3) is 0.355. The number of nitrogens with one attached hydrogen (secondary N) is 1. The first kappa shape index (κ1) is 30.7. The Kier molecular flexibility index (Phi) is 11.1. The van der Waals surface area contributed by atoms with Gasteiger partial charge in [0.25, 0.3) is 10.0 Å². The molecule has 214 valence electrons. The number of unbranched alkanes of at least 4 members (excludes halogenated alkanes) is 1. The Morgan fingerprint density at radius 1 is 0.925 bits per heavy atom. The molecule has 3 rings (SSSR count). The second-order valence-electron chi connectivity index (χ2n) is 9.55. The molecule has 0 unspecified atom stereocenters. The summed E-state index contributed by atoms with van der Waals surface area (Å²) in [6.07, 6.45) is 1.74. The van der Waals surface area contributed by atoms with Crippen LogP contribution >= 0.6 is 0 Å². The maximum atomic E-state index is 14.0. The van der Waals surface area contributed by atoms with Crippen LogP contribution < -0.4 is 14.4 Å². The molecule has 0 saturated carbocycles. The first-order valence-electron chi connectivity index (χ1n) is 13.6.